The number of benzene rings is 2. The van der Waals surface area contributed by atoms with Crippen molar-refractivity contribution in [2.24, 2.45) is 11.3 Å². The lowest BCUT2D eigenvalue weighted by molar-refractivity contribution is -0.138. The lowest BCUT2D eigenvalue weighted by atomic mass is 9.94. The number of anilines is 3. The number of aromatic nitrogens is 3. The number of piperazine rings is 2. The van der Waals surface area contributed by atoms with E-state index in [4.69, 9.17) is 27.1 Å². The summed E-state index contributed by atoms with van der Waals surface area (Å²) < 4.78 is 66.1. The summed E-state index contributed by atoms with van der Waals surface area (Å²) in [5.74, 6) is -0.871. The largest absolute Gasteiger partial charge is 0.463 e. The Bertz CT molecular complexity index is 2660. The number of likely N-dealkylation sites (tertiary alicyclic amines) is 1. The van der Waals surface area contributed by atoms with Crippen molar-refractivity contribution < 1.29 is 36.7 Å². The highest BCUT2D eigenvalue weighted by Gasteiger charge is 2.46. The molecule has 4 aromatic rings. The molecule has 8 heterocycles. The van der Waals surface area contributed by atoms with Crippen molar-refractivity contribution >= 4 is 57.4 Å². The van der Waals surface area contributed by atoms with Crippen LogP contribution in [-0.2, 0) is 22.3 Å². The fraction of sp³-hybridized carbons (Fsp3) is 0.542. The van der Waals surface area contributed by atoms with Crippen LogP contribution in [0.3, 0.4) is 0 Å². The molecular formula is C48H54ClF4N11O4. The number of amides is 3. The van der Waals surface area contributed by atoms with Crippen LogP contribution in [0.15, 0.2) is 36.5 Å². The summed E-state index contributed by atoms with van der Waals surface area (Å²) in [5.41, 5.74) is 5.84. The number of hydrogen-bond acceptors (Lipinski definition) is 13. The quantitative estimate of drug-likeness (QED) is 0.0985. The second-order valence-electron chi connectivity index (χ2n) is 20.0. The Morgan fingerprint density at radius 3 is 2.34 bits per heavy atom. The first-order valence-electron chi connectivity index (χ1n) is 23.8. The minimum absolute atomic E-state index is 0.0242. The first-order chi connectivity index (χ1) is 32.7. The van der Waals surface area contributed by atoms with E-state index >= 15 is 4.39 Å². The van der Waals surface area contributed by atoms with Crippen molar-refractivity contribution in [3.63, 3.8) is 0 Å². The summed E-state index contributed by atoms with van der Waals surface area (Å²) in [5, 5.41) is 5.60. The first kappa shape index (κ1) is 45.1. The molecule has 5 saturated heterocycles. The number of fused-ring (bicyclic) bond motifs is 4. The SMILES string of the molecule is Nc1cc(Cl)c(C(F)(F)F)c(-c2ncc3c(N4CC5CCC(C4)N5)nc(OCC4(CN5CCC(CN6CCN(c7ccc8c(c7)CN([C@H]7CCC(=O)NC7=O)C8=O)CC6)CC5)CC4)nc3c2F)c1. The molecule has 0 spiro atoms. The number of alkyl halides is 3. The van der Waals surface area contributed by atoms with E-state index < -0.39 is 45.8 Å². The fourth-order valence-electron chi connectivity index (χ4n) is 11.4. The van der Waals surface area contributed by atoms with Crippen LogP contribution in [0.1, 0.15) is 72.9 Å². The van der Waals surface area contributed by atoms with Gasteiger partial charge in [-0.15, -0.1) is 0 Å². The van der Waals surface area contributed by atoms with Crippen LogP contribution in [0.5, 0.6) is 6.01 Å². The van der Waals surface area contributed by atoms with Crippen LogP contribution in [-0.4, -0.2) is 138 Å². The highest BCUT2D eigenvalue weighted by atomic mass is 35.5. The molecule has 68 heavy (non-hydrogen) atoms. The van der Waals surface area contributed by atoms with Crippen LogP contribution in [0.4, 0.5) is 34.8 Å². The molecule has 20 heteroatoms. The number of nitrogens with two attached hydrogens (primary N) is 1. The normalized spacial score (nSPS) is 24.5. The molecule has 6 aliphatic heterocycles. The maximum atomic E-state index is 16.7. The van der Waals surface area contributed by atoms with Gasteiger partial charge < -0.3 is 35.4 Å². The monoisotopic (exact) mass is 959 g/mol. The first-order valence-corrected chi connectivity index (χ1v) is 24.2. The van der Waals surface area contributed by atoms with Gasteiger partial charge in [-0.3, -0.25) is 29.6 Å². The number of pyridine rings is 1. The maximum absolute atomic E-state index is 16.7. The fourth-order valence-corrected chi connectivity index (χ4v) is 11.8. The third-order valence-electron chi connectivity index (χ3n) is 15.3. The Balaban J connectivity index is 0.710. The van der Waals surface area contributed by atoms with E-state index in [1.165, 1.54) is 6.20 Å². The zero-order valence-electron chi connectivity index (χ0n) is 37.6. The standard InChI is InChI=1S/C48H54ClF4N11O4/c49-36-19-29(54)18-34(39(36)48(51,52)53)41-40(50)42-35(20-55-41)43(63-23-30-1-2-31(24-63)56-30)59-46(58-42)68-26-47(9-10-47)25-61-11-7-27(8-12-61)21-60-13-15-62(16-14-60)32-3-4-33-28(17-32)22-64(45(33)67)37-5-6-38(65)57-44(37)66/h3-4,17-20,27,30-31,37,56H,1-2,5-16,21-26,54H2,(H,57,65,66)/t30?,31?,37-/m0/s1. The zero-order chi connectivity index (χ0) is 47.1. The molecule has 4 N–H and O–H groups in total. The van der Waals surface area contributed by atoms with Gasteiger partial charge in [-0.05, 0) is 99.8 Å². The number of hydrogen-bond donors (Lipinski definition) is 3. The van der Waals surface area contributed by atoms with E-state index in [-0.39, 0.29) is 58.3 Å². The van der Waals surface area contributed by atoms with E-state index in [0.29, 0.717) is 50.0 Å². The van der Waals surface area contributed by atoms with Crippen LogP contribution < -0.4 is 30.9 Å². The Hall–Kier alpha value is -5.37. The van der Waals surface area contributed by atoms with Crippen LogP contribution in [0, 0.1) is 17.2 Å². The molecule has 1 saturated carbocycles. The average molecular weight is 960 g/mol. The molecule has 360 valence electrons. The summed E-state index contributed by atoms with van der Waals surface area (Å²) in [6, 6.07) is 7.78. The van der Waals surface area contributed by atoms with Crippen molar-refractivity contribution in [3.05, 3.63) is 64.1 Å². The summed E-state index contributed by atoms with van der Waals surface area (Å²) >= 11 is 6.06. The molecular weight excluding hydrogens is 906 g/mol. The summed E-state index contributed by atoms with van der Waals surface area (Å²) in [4.78, 5) is 62.1. The molecule has 15 nitrogen and oxygen atoms in total. The predicted molar refractivity (Wildman–Crippen MR) is 247 cm³/mol. The number of imide groups is 1. The third-order valence-corrected chi connectivity index (χ3v) is 15.6. The molecule has 2 unspecified atom stereocenters. The Kier molecular flexibility index (Phi) is 11.6. The lowest BCUT2D eigenvalue weighted by Crippen LogP contribution is -2.52. The zero-order valence-corrected chi connectivity index (χ0v) is 38.3. The minimum atomic E-state index is -4.90. The molecule has 7 aliphatic rings. The Morgan fingerprint density at radius 2 is 1.63 bits per heavy atom. The molecule has 2 aromatic heterocycles. The summed E-state index contributed by atoms with van der Waals surface area (Å²) in [6.45, 7) is 9.45. The summed E-state index contributed by atoms with van der Waals surface area (Å²) in [7, 11) is 0. The van der Waals surface area contributed by atoms with Crippen LogP contribution in [0.25, 0.3) is 22.2 Å². The van der Waals surface area contributed by atoms with Crippen molar-refractivity contribution in [2.75, 3.05) is 87.6 Å². The van der Waals surface area contributed by atoms with Gasteiger partial charge in [0.1, 0.15) is 23.1 Å². The third kappa shape index (κ3) is 8.79. The predicted octanol–water partition coefficient (Wildman–Crippen LogP) is 5.48. The van der Waals surface area contributed by atoms with Gasteiger partial charge >= 0.3 is 12.2 Å². The van der Waals surface area contributed by atoms with E-state index in [0.717, 1.165) is 114 Å². The number of rotatable bonds is 11. The number of ether oxygens (including phenoxy) is 1. The maximum Gasteiger partial charge on any atom is 0.418 e. The molecule has 2 bridgehead atoms. The molecule has 1 aliphatic carbocycles. The average Bonchev–Trinajstić information content (AvgIpc) is 3.88. The van der Waals surface area contributed by atoms with E-state index in [1.807, 2.05) is 12.1 Å². The molecule has 2 aromatic carbocycles. The molecule has 3 atom stereocenters. The van der Waals surface area contributed by atoms with Gasteiger partial charge in [-0.25, -0.2) is 4.39 Å². The second-order valence-corrected chi connectivity index (χ2v) is 20.4. The lowest BCUT2D eigenvalue weighted by Gasteiger charge is -2.40. The van der Waals surface area contributed by atoms with Crippen LogP contribution >= 0.6 is 11.6 Å². The number of halogens is 5. The molecule has 3 amide bonds. The van der Waals surface area contributed by atoms with Gasteiger partial charge in [0.25, 0.3) is 5.91 Å². The number of nitrogen functional groups attached to an aromatic ring is 1. The smallest absolute Gasteiger partial charge is 0.418 e. The van der Waals surface area contributed by atoms with Crippen molar-refractivity contribution in [1.82, 2.24) is 40.3 Å². The molecule has 11 rings (SSSR count). The number of nitrogens with one attached hydrogen (secondary N) is 2. The van der Waals surface area contributed by atoms with Gasteiger partial charge in [-0.1, -0.05) is 11.6 Å². The Morgan fingerprint density at radius 1 is 0.882 bits per heavy atom. The van der Waals surface area contributed by atoms with Crippen LogP contribution in [0.2, 0.25) is 5.02 Å². The van der Waals surface area contributed by atoms with Gasteiger partial charge in [0.05, 0.1) is 22.6 Å². The molecule has 0 radical (unpaired) electrons. The van der Waals surface area contributed by atoms with Crippen molar-refractivity contribution in [2.45, 2.75) is 82.2 Å². The number of nitrogens with zero attached hydrogens (tertiary/aromatic N) is 8. The summed E-state index contributed by atoms with van der Waals surface area (Å²) in [6.07, 6.45) is 3.12. The second kappa shape index (κ2) is 17.5. The van der Waals surface area contributed by atoms with Gasteiger partial charge in [0.2, 0.25) is 11.8 Å². The van der Waals surface area contributed by atoms with Gasteiger partial charge in [0.15, 0.2) is 5.82 Å². The van der Waals surface area contributed by atoms with Crippen molar-refractivity contribution in [1.29, 1.82) is 0 Å². The highest BCUT2D eigenvalue weighted by molar-refractivity contribution is 6.32. The Labute approximate surface area is 395 Å². The van der Waals surface area contributed by atoms with E-state index in [2.05, 4.69) is 46.3 Å². The topological polar surface area (TPSA) is 165 Å². The number of carbonyl (C=O) groups is 3. The number of carbonyl (C=O) groups excluding carboxylic acids is 3. The highest BCUT2D eigenvalue weighted by Crippen LogP contribution is 2.48. The van der Waals surface area contributed by atoms with Gasteiger partial charge in [-0.2, -0.15) is 23.1 Å². The van der Waals surface area contributed by atoms with E-state index in [9.17, 15) is 27.6 Å². The van der Waals surface area contributed by atoms with Gasteiger partial charge in [0, 0.05) is 112 Å². The van der Waals surface area contributed by atoms with Crippen molar-refractivity contribution in [3.8, 4) is 17.3 Å². The number of piperidine rings is 2. The minimum Gasteiger partial charge on any atom is -0.463 e. The molecule has 6 fully saturated rings. The van der Waals surface area contributed by atoms with E-state index in [1.54, 1.807) is 4.90 Å².